The maximum atomic E-state index is 14.6. The fraction of sp³-hybridized carbons (Fsp3) is 0.217. The SMILES string of the molecule is Nc1nc(-c2cc(F)c3c(N)n[nH]c3c2)cc(N2CCC[C@H](C(=O)Nc3ccccc3)C2)n1. The molecule has 4 aromatic rings. The second-order valence-electron chi connectivity index (χ2n) is 8.10. The van der Waals surface area contributed by atoms with Gasteiger partial charge in [-0.3, -0.25) is 9.89 Å². The lowest BCUT2D eigenvalue weighted by Crippen LogP contribution is -2.41. The van der Waals surface area contributed by atoms with Crippen LogP contribution in [0.3, 0.4) is 0 Å². The Hall–Kier alpha value is -4.21. The summed E-state index contributed by atoms with van der Waals surface area (Å²) in [4.78, 5) is 23.5. The fourth-order valence-electron chi connectivity index (χ4n) is 4.21. The fourth-order valence-corrected chi connectivity index (χ4v) is 4.21. The highest BCUT2D eigenvalue weighted by Crippen LogP contribution is 2.31. The average Bonchev–Trinajstić information content (AvgIpc) is 3.20. The van der Waals surface area contributed by atoms with Crippen LogP contribution in [0.1, 0.15) is 12.8 Å². The third-order valence-electron chi connectivity index (χ3n) is 5.83. The molecule has 3 heterocycles. The van der Waals surface area contributed by atoms with Gasteiger partial charge >= 0.3 is 0 Å². The van der Waals surface area contributed by atoms with Crippen molar-refractivity contribution in [3.63, 3.8) is 0 Å². The summed E-state index contributed by atoms with van der Waals surface area (Å²) in [6.07, 6.45) is 1.62. The van der Waals surface area contributed by atoms with Crippen molar-refractivity contribution < 1.29 is 9.18 Å². The molecule has 2 aromatic carbocycles. The Morgan fingerprint density at radius 1 is 1.15 bits per heavy atom. The standard InChI is InChI=1S/C23H23FN8O/c24-16-9-14(10-18-20(16)21(25)31-30-18)17-11-19(29-23(26)28-17)32-8-4-5-13(12-32)22(33)27-15-6-2-1-3-7-15/h1-3,6-7,9-11,13H,4-5,8,12H2,(H,27,33)(H3,25,30,31)(H2,26,28,29)/t13-/m0/s1. The summed E-state index contributed by atoms with van der Waals surface area (Å²) in [7, 11) is 0. The quantitative estimate of drug-likeness (QED) is 0.378. The molecule has 0 saturated carbocycles. The number of amides is 1. The zero-order valence-corrected chi connectivity index (χ0v) is 17.8. The predicted octanol–water partition coefficient (Wildman–Crippen LogP) is 3.18. The van der Waals surface area contributed by atoms with Gasteiger partial charge in [0.2, 0.25) is 11.9 Å². The van der Waals surface area contributed by atoms with E-state index >= 15 is 0 Å². The molecule has 168 valence electrons. The molecular weight excluding hydrogens is 423 g/mol. The lowest BCUT2D eigenvalue weighted by Gasteiger charge is -2.33. The number of nitrogen functional groups attached to an aromatic ring is 2. The minimum atomic E-state index is -0.497. The summed E-state index contributed by atoms with van der Waals surface area (Å²) in [6.45, 7) is 1.23. The van der Waals surface area contributed by atoms with Crippen molar-refractivity contribution in [1.29, 1.82) is 0 Å². The Kier molecular flexibility index (Phi) is 5.25. The molecule has 1 saturated heterocycles. The molecule has 9 nitrogen and oxygen atoms in total. The summed E-state index contributed by atoms with van der Waals surface area (Å²) >= 11 is 0. The van der Waals surface area contributed by atoms with Crippen molar-refractivity contribution in [1.82, 2.24) is 20.2 Å². The Morgan fingerprint density at radius 3 is 2.79 bits per heavy atom. The topological polar surface area (TPSA) is 139 Å². The number of hydrogen-bond donors (Lipinski definition) is 4. The lowest BCUT2D eigenvalue weighted by atomic mass is 9.97. The van der Waals surface area contributed by atoms with Crippen LogP contribution in [-0.2, 0) is 4.79 Å². The van der Waals surface area contributed by atoms with Gasteiger partial charge < -0.3 is 21.7 Å². The first kappa shape index (κ1) is 20.7. The number of nitrogens with two attached hydrogens (primary N) is 2. The monoisotopic (exact) mass is 446 g/mol. The van der Waals surface area contributed by atoms with Crippen LogP contribution < -0.4 is 21.7 Å². The highest BCUT2D eigenvalue weighted by molar-refractivity contribution is 5.93. The van der Waals surface area contributed by atoms with Crippen LogP contribution in [0, 0.1) is 11.7 Å². The number of H-pyrrole nitrogens is 1. The van der Waals surface area contributed by atoms with Crippen LogP contribution in [0.25, 0.3) is 22.2 Å². The number of piperidine rings is 1. The highest BCUT2D eigenvalue weighted by atomic mass is 19.1. The number of rotatable bonds is 4. The number of nitrogens with one attached hydrogen (secondary N) is 2. The number of para-hydroxylation sites is 1. The van der Waals surface area contributed by atoms with Gasteiger partial charge in [0.05, 0.1) is 22.5 Å². The first-order valence-electron chi connectivity index (χ1n) is 10.7. The van der Waals surface area contributed by atoms with Gasteiger partial charge in [0.25, 0.3) is 0 Å². The second kappa shape index (κ2) is 8.38. The Morgan fingerprint density at radius 2 is 1.97 bits per heavy atom. The van der Waals surface area contributed by atoms with E-state index in [9.17, 15) is 9.18 Å². The maximum absolute atomic E-state index is 14.6. The van der Waals surface area contributed by atoms with Gasteiger partial charge in [-0.05, 0) is 37.1 Å². The molecule has 2 aromatic heterocycles. The molecule has 10 heteroatoms. The predicted molar refractivity (Wildman–Crippen MR) is 126 cm³/mol. The van der Waals surface area contributed by atoms with Gasteiger partial charge in [-0.2, -0.15) is 10.1 Å². The van der Waals surface area contributed by atoms with E-state index in [0.717, 1.165) is 25.1 Å². The van der Waals surface area contributed by atoms with Crippen molar-refractivity contribution in [3.05, 3.63) is 54.3 Å². The number of nitrogens with zero attached hydrogens (tertiary/aromatic N) is 4. The van der Waals surface area contributed by atoms with E-state index < -0.39 is 5.82 Å². The summed E-state index contributed by atoms with van der Waals surface area (Å²) in [5.74, 6) is 0.0494. The van der Waals surface area contributed by atoms with E-state index in [0.29, 0.717) is 29.1 Å². The van der Waals surface area contributed by atoms with Crippen LogP contribution >= 0.6 is 0 Å². The molecule has 0 radical (unpaired) electrons. The molecule has 6 N–H and O–H groups in total. The minimum Gasteiger partial charge on any atom is -0.382 e. The number of carbonyl (C=O) groups excluding carboxylic acids is 1. The van der Waals surface area contributed by atoms with Crippen molar-refractivity contribution in [2.24, 2.45) is 5.92 Å². The summed E-state index contributed by atoms with van der Waals surface area (Å²) in [5, 5.41) is 9.80. The minimum absolute atomic E-state index is 0.0301. The molecular formula is C23H23FN8O. The number of aromatic amines is 1. The molecule has 0 spiro atoms. The van der Waals surface area contributed by atoms with Crippen LogP contribution in [-0.4, -0.2) is 39.2 Å². The molecule has 0 aliphatic carbocycles. The molecule has 1 amide bonds. The summed E-state index contributed by atoms with van der Waals surface area (Å²) in [6, 6.07) is 14.2. The van der Waals surface area contributed by atoms with Gasteiger partial charge in [0.1, 0.15) is 11.6 Å². The molecule has 0 unspecified atom stereocenters. The van der Waals surface area contributed by atoms with Crippen LogP contribution in [0.5, 0.6) is 0 Å². The maximum Gasteiger partial charge on any atom is 0.229 e. The van der Waals surface area contributed by atoms with Gasteiger partial charge in [-0.15, -0.1) is 0 Å². The highest BCUT2D eigenvalue weighted by Gasteiger charge is 2.27. The molecule has 1 fully saturated rings. The molecule has 1 atom stereocenters. The largest absolute Gasteiger partial charge is 0.382 e. The van der Waals surface area contributed by atoms with Crippen molar-refractivity contribution in [2.45, 2.75) is 12.8 Å². The molecule has 5 rings (SSSR count). The van der Waals surface area contributed by atoms with E-state index in [1.807, 2.05) is 35.2 Å². The first-order chi connectivity index (χ1) is 16.0. The molecule has 1 aliphatic heterocycles. The van der Waals surface area contributed by atoms with Gasteiger partial charge in [-0.25, -0.2) is 9.37 Å². The smallest absolute Gasteiger partial charge is 0.229 e. The van der Waals surface area contributed by atoms with E-state index in [4.69, 9.17) is 11.5 Å². The number of halogens is 1. The molecule has 1 aliphatic rings. The average molecular weight is 446 g/mol. The zero-order chi connectivity index (χ0) is 22.9. The van der Waals surface area contributed by atoms with Crippen LogP contribution in [0.4, 0.5) is 27.7 Å². The Balaban J connectivity index is 1.40. The van der Waals surface area contributed by atoms with Gasteiger partial charge in [0, 0.05) is 30.4 Å². The van der Waals surface area contributed by atoms with E-state index in [-0.39, 0.29) is 29.0 Å². The number of carbonyl (C=O) groups is 1. The van der Waals surface area contributed by atoms with Crippen LogP contribution in [0.15, 0.2) is 48.5 Å². The molecule has 0 bridgehead atoms. The van der Waals surface area contributed by atoms with Crippen molar-refractivity contribution in [2.75, 3.05) is 34.8 Å². The second-order valence-corrected chi connectivity index (χ2v) is 8.10. The molecule has 33 heavy (non-hydrogen) atoms. The number of anilines is 4. The summed E-state index contributed by atoms with van der Waals surface area (Å²) in [5.41, 5.74) is 14.0. The van der Waals surface area contributed by atoms with Crippen molar-refractivity contribution in [3.8, 4) is 11.3 Å². The van der Waals surface area contributed by atoms with Gasteiger partial charge in [-0.1, -0.05) is 18.2 Å². The zero-order valence-electron chi connectivity index (χ0n) is 17.8. The van der Waals surface area contributed by atoms with Crippen LogP contribution in [0.2, 0.25) is 0 Å². The third kappa shape index (κ3) is 4.14. The van der Waals surface area contributed by atoms with E-state index in [1.54, 1.807) is 12.1 Å². The van der Waals surface area contributed by atoms with Crippen molar-refractivity contribution >= 4 is 40.1 Å². The third-order valence-corrected chi connectivity index (χ3v) is 5.83. The number of hydrogen-bond acceptors (Lipinski definition) is 7. The first-order valence-corrected chi connectivity index (χ1v) is 10.7. The number of fused-ring (bicyclic) bond motifs is 1. The number of aromatic nitrogens is 4. The van der Waals surface area contributed by atoms with Gasteiger partial charge in [0.15, 0.2) is 5.82 Å². The lowest BCUT2D eigenvalue weighted by molar-refractivity contribution is -0.120. The Bertz CT molecular complexity index is 1320. The summed E-state index contributed by atoms with van der Waals surface area (Å²) < 4.78 is 14.6. The van der Waals surface area contributed by atoms with E-state index in [1.165, 1.54) is 6.07 Å². The number of benzene rings is 2. The normalized spacial score (nSPS) is 16.2. The Labute approximate surface area is 189 Å². The van der Waals surface area contributed by atoms with E-state index in [2.05, 4.69) is 25.5 Å².